The van der Waals surface area contributed by atoms with Crippen molar-refractivity contribution in [2.75, 3.05) is 26.2 Å². The van der Waals surface area contributed by atoms with Crippen molar-refractivity contribution in [2.45, 2.75) is 43.6 Å². The van der Waals surface area contributed by atoms with Crippen LogP contribution in [-0.4, -0.2) is 46.3 Å². The molecule has 0 spiro atoms. The van der Waals surface area contributed by atoms with Gasteiger partial charge in [0.15, 0.2) is 0 Å². The molecule has 1 aliphatic rings. The van der Waals surface area contributed by atoms with Crippen molar-refractivity contribution in [1.29, 1.82) is 0 Å². The molecular formula is C25H26F6N4O2. The molecule has 12 heteroatoms. The highest BCUT2D eigenvalue weighted by Gasteiger charge is 2.38. The van der Waals surface area contributed by atoms with Crippen molar-refractivity contribution >= 4 is 0 Å². The zero-order valence-corrected chi connectivity index (χ0v) is 19.8. The van der Waals surface area contributed by atoms with Crippen molar-refractivity contribution in [3.8, 4) is 0 Å². The van der Waals surface area contributed by atoms with Crippen LogP contribution in [0.25, 0.3) is 0 Å². The minimum Gasteiger partial charge on any atom is -0.376 e. The van der Waals surface area contributed by atoms with Gasteiger partial charge in [0, 0.05) is 18.4 Å². The standard InChI is InChI=1S/C25H26F6N4O2/c26-24(27,28)19-12-17(13-20(14-19)25(29,30)31)15-37-16-23(18-4-2-1-3-5-18)7-10-35(11-8-23)9-6-21-32-22(36)34-33-21/h1-5,12-14H,6-11,15-16H2,(H2,32,33,34,36). The molecular weight excluding hydrogens is 502 g/mol. The summed E-state index contributed by atoms with van der Waals surface area (Å²) in [5.74, 6) is 0.563. The molecule has 1 aromatic heterocycles. The van der Waals surface area contributed by atoms with Gasteiger partial charge >= 0.3 is 18.0 Å². The van der Waals surface area contributed by atoms with Gasteiger partial charge in [-0.3, -0.25) is 4.98 Å². The van der Waals surface area contributed by atoms with E-state index in [2.05, 4.69) is 20.1 Å². The number of likely N-dealkylation sites (tertiary alicyclic amines) is 1. The Morgan fingerprint density at radius 1 is 0.946 bits per heavy atom. The molecule has 4 rings (SSSR count). The van der Waals surface area contributed by atoms with Crippen LogP contribution in [0.15, 0.2) is 53.3 Å². The smallest absolute Gasteiger partial charge is 0.376 e. The van der Waals surface area contributed by atoms with Gasteiger partial charge in [-0.15, -0.1) is 0 Å². The number of piperidine rings is 1. The maximum atomic E-state index is 13.2. The summed E-state index contributed by atoms with van der Waals surface area (Å²) in [4.78, 5) is 16.0. The van der Waals surface area contributed by atoms with E-state index in [1.165, 1.54) is 0 Å². The number of benzene rings is 2. The minimum absolute atomic E-state index is 0.114. The summed E-state index contributed by atoms with van der Waals surface area (Å²) in [6.45, 7) is 1.85. The third kappa shape index (κ3) is 6.80. The second-order valence-electron chi connectivity index (χ2n) is 9.27. The lowest BCUT2D eigenvalue weighted by Gasteiger charge is -2.42. The molecule has 0 saturated carbocycles. The largest absolute Gasteiger partial charge is 0.416 e. The summed E-state index contributed by atoms with van der Waals surface area (Å²) in [6.07, 6.45) is -7.88. The van der Waals surface area contributed by atoms with Crippen LogP contribution in [-0.2, 0) is 35.5 Å². The fraction of sp³-hybridized carbons (Fsp3) is 0.440. The first-order chi connectivity index (χ1) is 17.4. The summed E-state index contributed by atoms with van der Waals surface area (Å²) < 4.78 is 85.0. The lowest BCUT2D eigenvalue weighted by molar-refractivity contribution is -0.143. The van der Waals surface area contributed by atoms with Gasteiger partial charge in [-0.2, -0.15) is 31.4 Å². The van der Waals surface area contributed by atoms with E-state index >= 15 is 0 Å². The van der Waals surface area contributed by atoms with E-state index in [0.717, 1.165) is 5.56 Å². The minimum atomic E-state index is -4.91. The molecule has 2 N–H and O–H groups in total. The first-order valence-corrected chi connectivity index (χ1v) is 11.7. The van der Waals surface area contributed by atoms with Crippen LogP contribution < -0.4 is 5.69 Å². The van der Waals surface area contributed by atoms with Gasteiger partial charge in [-0.1, -0.05) is 30.3 Å². The number of alkyl halides is 6. The van der Waals surface area contributed by atoms with Crippen molar-refractivity contribution in [1.82, 2.24) is 20.1 Å². The Balaban J connectivity index is 1.45. The van der Waals surface area contributed by atoms with Gasteiger partial charge in [0.2, 0.25) is 0 Å². The molecule has 0 unspecified atom stereocenters. The van der Waals surface area contributed by atoms with Gasteiger partial charge in [0.25, 0.3) is 0 Å². The molecule has 0 atom stereocenters. The normalized spacial score (nSPS) is 16.7. The first kappa shape index (κ1) is 26.9. The number of aromatic amines is 2. The molecule has 0 aliphatic carbocycles. The van der Waals surface area contributed by atoms with E-state index in [0.29, 0.717) is 56.9 Å². The molecule has 0 bridgehead atoms. The van der Waals surface area contributed by atoms with Gasteiger partial charge in [0.05, 0.1) is 24.3 Å². The van der Waals surface area contributed by atoms with E-state index in [4.69, 9.17) is 4.74 Å². The Bertz CT molecular complexity index is 1200. The summed E-state index contributed by atoms with van der Waals surface area (Å²) >= 11 is 0. The SMILES string of the molecule is O=c1[nH]nc(CCN2CCC(COCc3cc(C(F)(F)F)cc(C(F)(F)F)c3)(c3ccccc3)CC2)[nH]1. The van der Waals surface area contributed by atoms with Gasteiger partial charge < -0.3 is 9.64 Å². The average molecular weight is 528 g/mol. The molecule has 0 amide bonds. The number of hydrogen-bond acceptors (Lipinski definition) is 4. The number of ether oxygens (including phenoxy) is 1. The predicted molar refractivity (Wildman–Crippen MR) is 123 cm³/mol. The molecule has 6 nitrogen and oxygen atoms in total. The third-order valence-corrected chi connectivity index (χ3v) is 6.71. The molecule has 1 fully saturated rings. The number of rotatable bonds is 8. The van der Waals surface area contributed by atoms with Crippen molar-refractivity contribution in [3.05, 3.63) is 87.1 Å². The van der Waals surface area contributed by atoms with Crippen LogP contribution in [0, 0.1) is 0 Å². The average Bonchev–Trinajstić information content (AvgIpc) is 3.28. The van der Waals surface area contributed by atoms with Gasteiger partial charge in [0.1, 0.15) is 5.82 Å². The highest BCUT2D eigenvalue weighted by atomic mass is 19.4. The van der Waals surface area contributed by atoms with Crippen LogP contribution in [0.2, 0.25) is 0 Å². The fourth-order valence-electron chi connectivity index (χ4n) is 4.67. The maximum absolute atomic E-state index is 13.2. The summed E-state index contributed by atoms with van der Waals surface area (Å²) in [5, 5.41) is 6.24. The molecule has 200 valence electrons. The molecule has 3 aromatic rings. The lowest BCUT2D eigenvalue weighted by atomic mass is 9.73. The molecule has 1 saturated heterocycles. The van der Waals surface area contributed by atoms with Crippen LogP contribution >= 0.6 is 0 Å². The number of aromatic nitrogens is 3. The topological polar surface area (TPSA) is 74.0 Å². The number of nitrogens with zero attached hydrogens (tertiary/aromatic N) is 2. The Labute approximate surface area is 208 Å². The zero-order valence-electron chi connectivity index (χ0n) is 19.8. The summed E-state index contributed by atoms with van der Waals surface area (Å²) in [5.41, 5.74) is -2.69. The summed E-state index contributed by atoms with van der Waals surface area (Å²) in [7, 11) is 0. The number of nitrogens with one attached hydrogen (secondary N) is 2. The quantitative estimate of drug-likeness (QED) is 0.407. The van der Waals surface area contributed by atoms with Gasteiger partial charge in [-0.25, -0.2) is 9.89 Å². The predicted octanol–water partition coefficient (Wildman–Crippen LogP) is 4.93. The third-order valence-electron chi connectivity index (χ3n) is 6.71. The van der Waals surface area contributed by atoms with E-state index in [1.54, 1.807) is 0 Å². The highest BCUT2D eigenvalue weighted by molar-refractivity contribution is 5.33. The van der Waals surface area contributed by atoms with Crippen molar-refractivity contribution in [2.24, 2.45) is 0 Å². The number of halogens is 6. The van der Waals surface area contributed by atoms with E-state index < -0.39 is 28.9 Å². The van der Waals surface area contributed by atoms with Crippen LogP contribution in [0.5, 0.6) is 0 Å². The molecule has 1 aliphatic heterocycles. The monoisotopic (exact) mass is 528 g/mol. The lowest BCUT2D eigenvalue weighted by Crippen LogP contribution is -2.45. The maximum Gasteiger partial charge on any atom is 0.416 e. The Hall–Kier alpha value is -3.12. The Morgan fingerprint density at radius 3 is 2.11 bits per heavy atom. The Morgan fingerprint density at radius 2 is 1.57 bits per heavy atom. The van der Waals surface area contributed by atoms with Crippen LogP contribution in [0.3, 0.4) is 0 Å². The van der Waals surface area contributed by atoms with Crippen molar-refractivity contribution < 1.29 is 31.1 Å². The van der Waals surface area contributed by atoms with Gasteiger partial charge in [-0.05, 0) is 55.3 Å². The molecule has 0 radical (unpaired) electrons. The summed E-state index contributed by atoms with van der Waals surface area (Å²) in [6, 6.07) is 11.1. The van der Waals surface area contributed by atoms with E-state index in [-0.39, 0.29) is 30.5 Å². The molecule has 2 aromatic carbocycles. The van der Waals surface area contributed by atoms with E-state index in [9.17, 15) is 31.1 Å². The zero-order chi connectivity index (χ0) is 26.7. The van der Waals surface area contributed by atoms with E-state index in [1.807, 2.05) is 30.3 Å². The Kier molecular flexibility index (Phi) is 7.79. The first-order valence-electron chi connectivity index (χ1n) is 11.7. The highest BCUT2D eigenvalue weighted by Crippen LogP contribution is 2.38. The number of hydrogen-bond donors (Lipinski definition) is 2. The van der Waals surface area contributed by atoms with Crippen molar-refractivity contribution in [3.63, 3.8) is 0 Å². The number of H-pyrrole nitrogens is 2. The van der Waals surface area contributed by atoms with Crippen LogP contribution in [0.4, 0.5) is 26.3 Å². The molecule has 2 heterocycles. The second-order valence-corrected chi connectivity index (χ2v) is 9.27. The van der Waals surface area contributed by atoms with Crippen LogP contribution in [0.1, 0.15) is 40.9 Å². The second kappa shape index (κ2) is 10.7. The molecule has 37 heavy (non-hydrogen) atoms. The fourth-order valence-corrected chi connectivity index (χ4v) is 4.67.